The third-order valence-corrected chi connectivity index (χ3v) is 10.4. The molecule has 0 aromatic rings. The zero-order chi connectivity index (χ0) is 30.3. The van der Waals surface area contributed by atoms with Gasteiger partial charge in [0.15, 0.2) is 5.60 Å². The van der Waals surface area contributed by atoms with Crippen LogP contribution in [0.4, 0.5) is 0 Å². The lowest BCUT2D eigenvalue weighted by molar-refractivity contribution is -0.237. The minimum atomic E-state index is -3.10. The fraction of sp³-hybridized carbons (Fsp3) is 0.900. The van der Waals surface area contributed by atoms with Gasteiger partial charge in [-0.25, -0.2) is 4.79 Å². The maximum Gasteiger partial charge on any atom is 0.337 e. The lowest BCUT2D eigenvalue weighted by atomic mass is 9.45. The van der Waals surface area contributed by atoms with Crippen molar-refractivity contribution in [2.75, 3.05) is 0 Å². The fourth-order valence-electron chi connectivity index (χ4n) is 6.38. The van der Waals surface area contributed by atoms with Gasteiger partial charge in [-0.3, -0.25) is 9.59 Å². The average Bonchev–Trinajstić information content (AvgIpc) is 2.69. The molecule has 0 saturated heterocycles. The van der Waals surface area contributed by atoms with Crippen LogP contribution in [-0.4, -0.2) is 43.9 Å². The molecule has 0 aliphatic rings. The van der Waals surface area contributed by atoms with Crippen LogP contribution in [0.1, 0.15) is 104 Å². The molecule has 8 atom stereocenters. The molecular formula is C30H56O7. The van der Waals surface area contributed by atoms with Gasteiger partial charge in [-0.2, -0.15) is 0 Å². The van der Waals surface area contributed by atoms with E-state index in [2.05, 4.69) is 0 Å². The molecule has 0 bridgehead atoms. The van der Waals surface area contributed by atoms with Crippen molar-refractivity contribution in [1.82, 2.24) is 0 Å². The second-order valence-corrected chi connectivity index (χ2v) is 15.0. The zero-order valence-corrected chi connectivity index (χ0v) is 26.1. The number of hydrogen-bond acceptors (Lipinski definition) is 4. The number of hydrogen-bond donors (Lipinski definition) is 4. The van der Waals surface area contributed by atoms with E-state index in [0.717, 1.165) is 0 Å². The summed E-state index contributed by atoms with van der Waals surface area (Å²) in [5.74, 6) is -10.3. The molecule has 4 N–H and O–H groups in total. The van der Waals surface area contributed by atoms with Gasteiger partial charge < -0.3 is 20.4 Å². The Morgan fingerprint density at radius 1 is 0.514 bits per heavy atom. The third kappa shape index (κ3) is 6.34. The highest BCUT2D eigenvalue weighted by molar-refractivity contribution is 5.94. The van der Waals surface area contributed by atoms with Crippen LogP contribution in [0.25, 0.3) is 0 Å². The van der Waals surface area contributed by atoms with Crippen molar-refractivity contribution < 1.29 is 34.8 Å². The van der Waals surface area contributed by atoms with E-state index in [1.807, 2.05) is 83.1 Å². The Labute approximate surface area is 225 Å². The number of aliphatic carboxylic acids is 3. The Hall–Kier alpha value is -1.63. The van der Waals surface area contributed by atoms with Crippen molar-refractivity contribution >= 4 is 17.9 Å². The summed E-state index contributed by atoms with van der Waals surface area (Å²) < 4.78 is 0. The smallest absolute Gasteiger partial charge is 0.337 e. The summed E-state index contributed by atoms with van der Waals surface area (Å²) in [7, 11) is 0. The summed E-state index contributed by atoms with van der Waals surface area (Å²) in [6, 6.07) is 0. The largest absolute Gasteiger partial charge is 0.481 e. The zero-order valence-electron chi connectivity index (χ0n) is 26.1. The first-order chi connectivity index (χ1) is 16.2. The summed E-state index contributed by atoms with van der Waals surface area (Å²) in [6.45, 7) is 27.9. The molecule has 0 radical (unpaired) electrons. The molecule has 8 unspecified atom stereocenters. The SMILES string of the molecule is CC(C(C)C(C)(C)C)C(C(=O)O)C(O)(C(=O)O)C(C(=O)O)(C(C)C(C)C(C)(C)C)C(C)C(C)C(C)(C)C. The summed E-state index contributed by atoms with van der Waals surface area (Å²) >= 11 is 0. The lowest BCUT2D eigenvalue weighted by Crippen LogP contribution is -2.72. The van der Waals surface area contributed by atoms with Crippen LogP contribution in [0, 0.1) is 63.1 Å². The minimum Gasteiger partial charge on any atom is -0.481 e. The second-order valence-electron chi connectivity index (χ2n) is 15.0. The molecule has 37 heavy (non-hydrogen) atoms. The highest BCUT2D eigenvalue weighted by Gasteiger charge is 2.73. The topological polar surface area (TPSA) is 132 Å². The van der Waals surface area contributed by atoms with Gasteiger partial charge in [0.1, 0.15) is 11.3 Å². The van der Waals surface area contributed by atoms with Gasteiger partial charge in [0.25, 0.3) is 0 Å². The quantitative estimate of drug-likeness (QED) is 0.240. The van der Waals surface area contributed by atoms with Crippen LogP contribution < -0.4 is 0 Å². The molecule has 0 saturated carbocycles. The number of carbonyl (C=O) groups is 3. The van der Waals surface area contributed by atoms with Gasteiger partial charge in [0, 0.05) is 0 Å². The average molecular weight is 529 g/mol. The van der Waals surface area contributed by atoms with E-state index < -0.39 is 68.8 Å². The Morgan fingerprint density at radius 2 is 0.811 bits per heavy atom. The normalized spacial score (nSPS) is 22.4. The van der Waals surface area contributed by atoms with E-state index in [0.29, 0.717) is 0 Å². The van der Waals surface area contributed by atoms with Crippen molar-refractivity contribution in [3.05, 3.63) is 0 Å². The monoisotopic (exact) mass is 528 g/mol. The van der Waals surface area contributed by atoms with Gasteiger partial charge >= 0.3 is 17.9 Å². The first kappa shape index (κ1) is 35.4. The van der Waals surface area contributed by atoms with Gasteiger partial charge in [0.2, 0.25) is 0 Å². The van der Waals surface area contributed by atoms with E-state index in [-0.39, 0.29) is 17.8 Å². The van der Waals surface area contributed by atoms with Crippen LogP contribution >= 0.6 is 0 Å². The van der Waals surface area contributed by atoms with E-state index in [4.69, 9.17) is 0 Å². The molecule has 0 aromatic heterocycles. The predicted molar refractivity (Wildman–Crippen MR) is 147 cm³/mol. The van der Waals surface area contributed by atoms with E-state index in [9.17, 15) is 34.8 Å². The molecule has 0 amide bonds. The van der Waals surface area contributed by atoms with Gasteiger partial charge in [-0.15, -0.1) is 0 Å². The van der Waals surface area contributed by atoms with Crippen LogP contribution in [0.15, 0.2) is 0 Å². The van der Waals surface area contributed by atoms with Crippen molar-refractivity contribution in [2.24, 2.45) is 63.1 Å². The number of carboxylic acids is 3. The number of carboxylic acid groups (broad SMARTS) is 3. The summed E-state index contributed by atoms with van der Waals surface area (Å²) in [4.78, 5) is 39.8. The molecule has 0 fully saturated rings. The molecule has 0 aliphatic carbocycles. The maximum absolute atomic E-state index is 13.6. The molecule has 0 aliphatic heterocycles. The maximum atomic E-state index is 13.6. The second kappa shape index (κ2) is 11.2. The summed E-state index contributed by atoms with van der Waals surface area (Å²) in [5.41, 5.74) is -6.69. The van der Waals surface area contributed by atoms with E-state index in [1.54, 1.807) is 20.8 Å². The van der Waals surface area contributed by atoms with Crippen LogP contribution in [0.2, 0.25) is 0 Å². The van der Waals surface area contributed by atoms with Crippen molar-refractivity contribution in [2.45, 2.75) is 109 Å². The highest BCUT2D eigenvalue weighted by atomic mass is 16.4. The number of rotatable bonds is 11. The summed E-state index contributed by atoms with van der Waals surface area (Å²) in [5, 5.41) is 44.9. The standard InChI is InChI=1S/C30H56O7/c1-16(17(2)26(7,8)9)22(23(31)32)30(37,25(35)36)29(24(33)34,20(5)18(3)27(10,11)12)21(6)19(4)28(13,14)15/h16-22,37H,1-15H3,(H,31,32)(H,33,34)(H,35,36). The Morgan fingerprint density at radius 3 is 1.00 bits per heavy atom. The van der Waals surface area contributed by atoms with Gasteiger partial charge in [-0.05, 0) is 51.8 Å². The lowest BCUT2D eigenvalue weighted by Gasteiger charge is -2.57. The van der Waals surface area contributed by atoms with E-state index in [1.165, 1.54) is 0 Å². The highest BCUT2D eigenvalue weighted by Crippen LogP contribution is 2.59. The van der Waals surface area contributed by atoms with Crippen LogP contribution in [0.3, 0.4) is 0 Å². The van der Waals surface area contributed by atoms with E-state index >= 15 is 0 Å². The molecule has 0 aromatic carbocycles. The van der Waals surface area contributed by atoms with Crippen molar-refractivity contribution in [3.8, 4) is 0 Å². The first-order valence-electron chi connectivity index (χ1n) is 13.6. The van der Waals surface area contributed by atoms with Crippen LogP contribution in [-0.2, 0) is 14.4 Å². The number of aliphatic hydroxyl groups is 1. The molecule has 7 heteroatoms. The molecule has 0 heterocycles. The fourth-order valence-corrected chi connectivity index (χ4v) is 6.38. The molecule has 218 valence electrons. The molecular weight excluding hydrogens is 472 g/mol. The Bertz CT molecular complexity index is 800. The van der Waals surface area contributed by atoms with Crippen LogP contribution in [0.5, 0.6) is 0 Å². The third-order valence-electron chi connectivity index (χ3n) is 10.4. The minimum absolute atomic E-state index is 0.336. The Kier molecular flexibility index (Phi) is 10.7. The van der Waals surface area contributed by atoms with Gasteiger partial charge in [-0.1, -0.05) is 104 Å². The van der Waals surface area contributed by atoms with Crippen molar-refractivity contribution in [1.29, 1.82) is 0 Å². The predicted octanol–water partition coefficient (Wildman–Crippen LogP) is 6.53. The van der Waals surface area contributed by atoms with Crippen molar-refractivity contribution in [3.63, 3.8) is 0 Å². The molecule has 0 spiro atoms. The molecule has 7 nitrogen and oxygen atoms in total. The molecule has 0 rings (SSSR count). The summed E-state index contributed by atoms with van der Waals surface area (Å²) in [6.07, 6.45) is 0. The van der Waals surface area contributed by atoms with Gasteiger partial charge in [0.05, 0.1) is 0 Å². The Balaban J connectivity index is 8.05. The first-order valence-corrected chi connectivity index (χ1v) is 13.6.